The molecule has 1 saturated heterocycles. The molecule has 1 aromatic heterocycles. The number of rotatable bonds is 3. The Morgan fingerprint density at radius 2 is 2.29 bits per heavy atom. The lowest BCUT2D eigenvalue weighted by Crippen LogP contribution is -2.42. The van der Waals surface area contributed by atoms with E-state index >= 15 is 0 Å². The minimum absolute atomic E-state index is 0.529. The molecular weight excluding hydrogens is 284 g/mol. The van der Waals surface area contributed by atoms with Crippen LogP contribution in [0.2, 0.25) is 5.15 Å². The van der Waals surface area contributed by atoms with Crippen LogP contribution in [-0.4, -0.2) is 35.5 Å². The average molecular weight is 307 g/mol. The Labute approximate surface area is 131 Å². The van der Waals surface area contributed by atoms with Gasteiger partial charge in [-0.05, 0) is 43.2 Å². The Morgan fingerprint density at radius 3 is 2.86 bits per heavy atom. The van der Waals surface area contributed by atoms with E-state index in [2.05, 4.69) is 22.1 Å². The van der Waals surface area contributed by atoms with Gasteiger partial charge in [0.25, 0.3) is 0 Å². The van der Waals surface area contributed by atoms with Crippen LogP contribution in [0.25, 0.3) is 0 Å². The Hall–Kier alpha value is -1.29. The molecule has 1 aliphatic heterocycles. The summed E-state index contributed by atoms with van der Waals surface area (Å²) in [6.07, 6.45) is 7.30. The second-order valence-electron chi connectivity index (χ2n) is 6.18. The van der Waals surface area contributed by atoms with Crippen LogP contribution in [0.15, 0.2) is 23.3 Å². The fourth-order valence-corrected chi connectivity index (χ4v) is 3.40. The molecule has 4 nitrogen and oxygen atoms in total. The zero-order valence-electron chi connectivity index (χ0n) is 12.6. The van der Waals surface area contributed by atoms with Crippen molar-refractivity contribution in [2.45, 2.75) is 39.2 Å². The van der Waals surface area contributed by atoms with Gasteiger partial charge in [-0.25, -0.2) is 9.98 Å². The van der Waals surface area contributed by atoms with Gasteiger partial charge in [0, 0.05) is 25.8 Å². The Kier molecular flexibility index (Phi) is 4.34. The Bertz CT molecular complexity index is 508. The first-order valence-electron chi connectivity index (χ1n) is 7.84. The van der Waals surface area contributed by atoms with E-state index in [1.54, 1.807) is 6.20 Å². The van der Waals surface area contributed by atoms with Crippen molar-refractivity contribution in [2.75, 3.05) is 19.6 Å². The molecule has 1 aliphatic carbocycles. The van der Waals surface area contributed by atoms with Gasteiger partial charge >= 0.3 is 0 Å². The number of likely N-dealkylation sites (tertiary alicyclic amines) is 1. The van der Waals surface area contributed by atoms with Crippen LogP contribution in [0.5, 0.6) is 0 Å². The van der Waals surface area contributed by atoms with E-state index in [9.17, 15) is 0 Å². The van der Waals surface area contributed by atoms with Crippen molar-refractivity contribution < 1.29 is 0 Å². The van der Waals surface area contributed by atoms with Gasteiger partial charge in [0.15, 0.2) is 5.96 Å². The van der Waals surface area contributed by atoms with Crippen molar-refractivity contribution >= 4 is 17.6 Å². The first-order valence-corrected chi connectivity index (χ1v) is 8.22. The number of hydrogen-bond acceptors (Lipinski definition) is 2. The predicted molar refractivity (Wildman–Crippen MR) is 86.5 cm³/mol. The highest BCUT2D eigenvalue weighted by Crippen LogP contribution is 2.47. The molecule has 0 radical (unpaired) electrons. The molecule has 2 aliphatic rings. The molecule has 1 N–H and O–H groups in total. The lowest BCUT2D eigenvalue weighted by atomic mass is 9.68. The number of aromatic nitrogens is 1. The third-order valence-corrected chi connectivity index (χ3v) is 4.91. The molecule has 5 heteroatoms. The van der Waals surface area contributed by atoms with E-state index in [0.29, 0.717) is 17.1 Å². The van der Waals surface area contributed by atoms with Gasteiger partial charge in [-0.1, -0.05) is 24.1 Å². The van der Waals surface area contributed by atoms with E-state index in [-0.39, 0.29) is 0 Å². The summed E-state index contributed by atoms with van der Waals surface area (Å²) < 4.78 is 0. The molecule has 21 heavy (non-hydrogen) atoms. The van der Waals surface area contributed by atoms with E-state index in [4.69, 9.17) is 16.6 Å². The van der Waals surface area contributed by atoms with Crippen molar-refractivity contribution in [3.8, 4) is 0 Å². The standard InChI is InChI=1S/C16H23ClN4/c1-2-18-15(20-11-13-4-5-14(17)19-10-13)21-9-8-16(12-21)6-3-7-16/h4-5,10H,2-3,6-9,11-12H2,1H3,(H,18,20). The maximum Gasteiger partial charge on any atom is 0.194 e. The van der Waals surface area contributed by atoms with Gasteiger partial charge in [0.1, 0.15) is 5.15 Å². The highest BCUT2D eigenvalue weighted by molar-refractivity contribution is 6.29. The van der Waals surface area contributed by atoms with Crippen LogP contribution < -0.4 is 5.32 Å². The van der Waals surface area contributed by atoms with Crippen molar-refractivity contribution in [3.05, 3.63) is 29.0 Å². The zero-order valence-corrected chi connectivity index (χ0v) is 13.4. The normalized spacial score (nSPS) is 20.7. The Balaban J connectivity index is 1.66. The number of nitrogens with zero attached hydrogens (tertiary/aromatic N) is 3. The number of hydrogen-bond donors (Lipinski definition) is 1. The minimum Gasteiger partial charge on any atom is -0.357 e. The first-order chi connectivity index (χ1) is 10.2. The maximum absolute atomic E-state index is 5.81. The molecule has 0 aromatic carbocycles. The molecule has 3 rings (SSSR count). The Morgan fingerprint density at radius 1 is 1.43 bits per heavy atom. The molecule has 2 fully saturated rings. The summed E-state index contributed by atoms with van der Waals surface area (Å²) in [4.78, 5) is 11.3. The smallest absolute Gasteiger partial charge is 0.194 e. The van der Waals surface area contributed by atoms with Crippen molar-refractivity contribution in [1.29, 1.82) is 0 Å². The van der Waals surface area contributed by atoms with Gasteiger partial charge in [0.2, 0.25) is 0 Å². The van der Waals surface area contributed by atoms with Crippen LogP contribution in [-0.2, 0) is 6.54 Å². The summed E-state index contributed by atoms with van der Waals surface area (Å²) in [5.74, 6) is 1.04. The number of nitrogens with one attached hydrogen (secondary N) is 1. The van der Waals surface area contributed by atoms with Gasteiger partial charge in [-0.3, -0.25) is 0 Å². The van der Waals surface area contributed by atoms with Crippen LogP contribution >= 0.6 is 11.6 Å². The van der Waals surface area contributed by atoms with Gasteiger partial charge < -0.3 is 10.2 Å². The molecule has 114 valence electrons. The highest BCUT2D eigenvalue weighted by Gasteiger charge is 2.43. The third kappa shape index (κ3) is 3.31. The summed E-state index contributed by atoms with van der Waals surface area (Å²) in [5.41, 5.74) is 1.69. The van der Waals surface area contributed by atoms with E-state index in [1.165, 1.54) is 25.7 Å². The molecule has 0 bridgehead atoms. The minimum atomic E-state index is 0.529. The molecular formula is C16H23ClN4. The second-order valence-corrected chi connectivity index (χ2v) is 6.57. The van der Waals surface area contributed by atoms with Crippen LogP contribution in [0.4, 0.5) is 0 Å². The van der Waals surface area contributed by atoms with Gasteiger partial charge in [0.05, 0.1) is 6.54 Å². The lowest BCUT2D eigenvalue weighted by Gasteiger charge is -2.38. The van der Waals surface area contributed by atoms with E-state index in [0.717, 1.165) is 31.2 Å². The van der Waals surface area contributed by atoms with Crippen molar-refractivity contribution in [1.82, 2.24) is 15.2 Å². The largest absolute Gasteiger partial charge is 0.357 e. The first kappa shape index (κ1) is 14.6. The SMILES string of the molecule is CCNC(=NCc1ccc(Cl)nc1)N1CCC2(CCC2)C1. The zero-order chi connectivity index (χ0) is 14.7. The van der Waals surface area contributed by atoms with Gasteiger partial charge in [-0.15, -0.1) is 0 Å². The summed E-state index contributed by atoms with van der Waals surface area (Å²) in [7, 11) is 0. The van der Waals surface area contributed by atoms with Crippen molar-refractivity contribution in [3.63, 3.8) is 0 Å². The van der Waals surface area contributed by atoms with Gasteiger partial charge in [-0.2, -0.15) is 0 Å². The molecule has 1 saturated carbocycles. The van der Waals surface area contributed by atoms with Crippen molar-refractivity contribution in [2.24, 2.45) is 10.4 Å². The number of halogens is 1. The maximum atomic E-state index is 5.81. The average Bonchev–Trinajstić information content (AvgIpc) is 2.91. The monoisotopic (exact) mass is 306 g/mol. The highest BCUT2D eigenvalue weighted by atomic mass is 35.5. The lowest BCUT2D eigenvalue weighted by molar-refractivity contribution is 0.151. The summed E-state index contributed by atoms with van der Waals surface area (Å²) >= 11 is 5.81. The second kappa shape index (κ2) is 6.22. The summed E-state index contributed by atoms with van der Waals surface area (Å²) in [6.45, 7) is 5.97. The number of guanidine groups is 1. The van der Waals surface area contributed by atoms with Crippen LogP contribution in [0.1, 0.15) is 38.2 Å². The quantitative estimate of drug-likeness (QED) is 0.530. The molecule has 1 aromatic rings. The molecule has 0 atom stereocenters. The van der Waals surface area contributed by atoms with E-state index < -0.39 is 0 Å². The third-order valence-electron chi connectivity index (χ3n) is 4.69. The fourth-order valence-electron chi connectivity index (χ4n) is 3.29. The summed E-state index contributed by atoms with van der Waals surface area (Å²) in [5, 5.41) is 3.95. The topological polar surface area (TPSA) is 40.5 Å². The number of pyridine rings is 1. The van der Waals surface area contributed by atoms with Crippen LogP contribution in [0, 0.1) is 5.41 Å². The van der Waals surface area contributed by atoms with E-state index in [1.807, 2.05) is 12.1 Å². The number of aliphatic imine (C=N–C) groups is 1. The summed E-state index contributed by atoms with van der Waals surface area (Å²) in [6, 6.07) is 3.80. The molecule has 1 spiro atoms. The van der Waals surface area contributed by atoms with Crippen LogP contribution in [0.3, 0.4) is 0 Å². The fraction of sp³-hybridized carbons (Fsp3) is 0.625. The molecule has 0 amide bonds. The molecule has 2 heterocycles. The molecule has 0 unspecified atom stereocenters. The predicted octanol–water partition coefficient (Wildman–Crippen LogP) is 3.08.